The predicted molar refractivity (Wildman–Crippen MR) is 263 cm³/mol. The van der Waals surface area contributed by atoms with E-state index in [1.165, 1.54) is 112 Å². The van der Waals surface area contributed by atoms with Crippen molar-refractivity contribution >= 4 is 66.7 Å². The molecule has 1 saturated carbocycles. The maximum Gasteiger partial charge on any atom is 0.138 e. The fourth-order valence-electron chi connectivity index (χ4n) is 11.0. The number of nitrogens with zero attached hydrogens (tertiary/aromatic N) is 4. The Kier molecular flexibility index (Phi) is 7.93. The van der Waals surface area contributed by atoms with E-state index in [1.807, 2.05) is 0 Å². The summed E-state index contributed by atoms with van der Waals surface area (Å²) in [7, 11) is 0. The van der Waals surface area contributed by atoms with E-state index in [1.54, 1.807) is 0 Å². The van der Waals surface area contributed by atoms with Crippen LogP contribution in [0.3, 0.4) is 0 Å². The molecule has 0 bridgehead atoms. The lowest BCUT2D eigenvalue weighted by Gasteiger charge is -2.29. The van der Waals surface area contributed by atoms with Crippen LogP contribution in [0.4, 0.5) is 0 Å². The van der Waals surface area contributed by atoms with E-state index in [-0.39, 0.29) is 5.41 Å². The maximum atomic E-state index is 5.60. The molecule has 13 rings (SSSR count). The monoisotopic (exact) mass is 810 g/mol. The van der Waals surface area contributed by atoms with Crippen molar-refractivity contribution in [3.05, 3.63) is 203 Å². The van der Waals surface area contributed by atoms with Gasteiger partial charge >= 0.3 is 0 Å². The summed E-state index contributed by atoms with van der Waals surface area (Å²) >= 11 is 0. The van der Waals surface area contributed by atoms with Gasteiger partial charge in [-0.3, -0.25) is 4.57 Å². The second-order valence-corrected chi connectivity index (χ2v) is 18.1. The van der Waals surface area contributed by atoms with Crippen LogP contribution in [-0.4, -0.2) is 18.7 Å². The number of hydrogen-bond acceptors (Lipinski definition) is 1. The summed E-state index contributed by atoms with van der Waals surface area (Å²) in [4.78, 5) is 5.60. The number of hydrogen-bond donors (Lipinski definition) is 0. The second kappa shape index (κ2) is 13.8. The molecule has 2 aliphatic carbocycles. The molecule has 0 radical (unpaired) electrons. The van der Waals surface area contributed by atoms with Gasteiger partial charge in [0.1, 0.15) is 5.82 Å². The van der Waals surface area contributed by atoms with Crippen molar-refractivity contribution < 1.29 is 0 Å². The normalized spacial score (nSPS) is 16.4. The van der Waals surface area contributed by atoms with E-state index in [2.05, 4.69) is 216 Å². The highest BCUT2D eigenvalue weighted by molar-refractivity contribution is 6.10. The van der Waals surface area contributed by atoms with Crippen molar-refractivity contribution in [3.8, 4) is 28.5 Å². The topological polar surface area (TPSA) is 27.7 Å². The average Bonchev–Trinajstić information content (AvgIpc) is 3.94. The first kappa shape index (κ1) is 36.2. The molecule has 1 atom stereocenters. The summed E-state index contributed by atoms with van der Waals surface area (Å²) in [5.74, 6) is 1.49. The molecule has 0 amide bonds. The SMILES string of the molecule is Cc1ccc(-n2c3ccccc3c3ccccc32)nc1-c1cc(-n2c3ccccc3c3cc(C4(C)C=c5c(n(-c6ccccc6)c6ccccc56)=CC4)ccc32)ccc1C1CCC1. The molecule has 4 aromatic heterocycles. The van der Waals surface area contributed by atoms with Crippen molar-refractivity contribution in [2.75, 3.05) is 0 Å². The summed E-state index contributed by atoms with van der Waals surface area (Å²) in [6, 6.07) is 64.9. The lowest BCUT2D eigenvalue weighted by molar-refractivity contribution is 0.420. The highest BCUT2D eigenvalue weighted by atomic mass is 15.1. The van der Waals surface area contributed by atoms with Crippen LogP contribution in [-0.2, 0) is 5.41 Å². The molecule has 1 fully saturated rings. The molecule has 4 heterocycles. The summed E-state index contributed by atoms with van der Waals surface area (Å²) in [5, 5.41) is 8.94. The summed E-state index contributed by atoms with van der Waals surface area (Å²) in [6.07, 6.45) is 9.64. The Morgan fingerprint density at radius 2 is 1.13 bits per heavy atom. The first-order valence-corrected chi connectivity index (χ1v) is 22.5. The predicted octanol–water partition coefficient (Wildman–Crippen LogP) is 13.4. The van der Waals surface area contributed by atoms with Crippen LogP contribution in [0.25, 0.3) is 95.1 Å². The fourth-order valence-corrected chi connectivity index (χ4v) is 11.0. The molecule has 4 heteroatoms. The lowest BCUT2D eigenvalue weighted by Crippen LogP contribution is -2.36. The highest BCUT2D eigenvalue weighted by Gasteiger charge is 2.29. The van der Waals surface area contributed by atoms with Gasteiger partial charge in [0.25, 0.3) is 0 Å². The van der Waals surface area contributed by atoms with E-state index in [0.29, 0.717) is 5.92 Å². The van der Waals surface area contributed by atoms with Crippen molar-refractivity contribution in [1.29, 1.82) is 0 Å². The molecule has 63 heavy (non-hydrogen) atoms. The van der Waals surface area contributed by atoms with Crippen LogP contribution in [0, 0.1) is 6.92 Å². The van der Waals surface area contributed by atoms with Crippen molar-refractivity contribution in [1.82, 2.24) is 18.7 Å². The van der Waals surface area contributed by atoms with Crippen LogP contribution in [0.1, 0.15) is 55.2 Å². The van der Waals surface area contributed by atoms with Gasteiger partial charge in [-0.2, -0.15) is 0 Å². The number of aromatic nitrogens is 4. The van der Waals surface area contributed by atoms with Crippen LogP contribution in [0.15, 0.2) is 176 Å². The minimum Gasteiger partial charge on any atom is -0.310 e. The molecule has 0 spiro atoms. The van der Waals surface area contributed by atoms with Crippen LogP contribution in [0.2, 0.25) is 0 Å². The minimum absolute atomic E-state index is 0.182. The van der Waals surface area contributed by atoms with Crippen molar-refractivity contribution in [2.45, 2.75) is 50.9 Å². The van der Waals surface area contributed by atoms with Gasteiger partial charge in [-0.25, -0.2) is 4.98 Å². The zero-order valence-electron chi connectivity index (χ0n) is 35.6. The quantitative estimate of drug-likeness (QED) is 0.164. The Bertz CT molecular complexity index is 3730. The Morgan fingerprint density at radius 1 is 0.524 bits per heavy atom. The molecular weight excluding hydrogens is 765 g/mol. The molecule has 4 nitrogen and oxygen atoms in total. The van der Waals surface area contributed by atoms with Crippen LogP contribution >= 0.6 is 0 Å². The molecule has 11 aromatic rings. The number of fused-ring (bicyclic) bond motifs is 9. The number of para-hydroxylation sites is 5. The van der Waals surface area contributed by atoms with E-state index in [4.69, 9.17) is 4.98 Å². The van der Waals surface area contributed by atoms with Crippen LogP contribution < -0.4 is 10.6 Å². The molecule has 1 unspecified atom stereocenters. The molecule has 0 N–H and O–H groups in total. The molecule has 0 aliphatic heterocycles. The van der Waals surface area contributed by atoms with Crippen molar-refractivity contribution in [3.63, 3.8) is 0 Å². The zero-order valence-corrected chi connectivity index (χ0v) is 35.6. The minimum atomic E-state index is -0.182. The summed E-state index contributed by atoms with van der Waals surface area (Å²) in [5.41, 5.74) is 14.4. The Balaban J connectivity index is 0.972. The largest absolute Gasteiger partial charge is 0.310 e. The third kappa shape index (κ3) is 5.44. The molecule has 302 valence electrons. The van der Waals surface area contributed by atoms with Gasteiger partial charge in [-0.1, -0.05) is 135 Å². The third-order valence-electron chi connectivity index (χ3n) is 14.5. The summed E-state index contributed by atoms with van der Waals surface area (Å²) < 4.78 is 7.26. The van der Waals surface area contributed by atoms with E-state index >= 15 is 0 Å². The number of rotatable bonds is 6. The summed E-state index contributed by atoms with van der Waals surface area (Å²) in [6.45, 7) is 4.63. The van der Waals surface area contributed by atoms with Gasteiger partial charge in [0.2, 0.25) is 0 Å². The molecule has 0 saturated heterocycles. The molecule has 2 aliphatic rings. The lowest BCUT2D eigenvalue weighted by atomic mass is 9.76. The fraction of sp³-hybridized carbons (Fsp3) is 0.136. The van der Waals surface area contributed by atoms with E-state index in [0.717, 1.165) is 23.6 Å². The van der Waals surface area contributed by atoms with E-state index < -0.39 is 0 Å². The Labute approximate surface area is 366 Å². The number of aryl methyl sites for hydroxylation is 1. The Hall–Kier alpha value is -7.43. The standard InChI is InChI=1S/C59H46N4/c1-38-27-32-57(63-53-25-12-6-19-44(53)45-20-7-13-26-54(45)63)60-58(38)49-36-42(29-30-43(49)39-15-14-16-39)62-51-23-10-8-21-46(51)48-35-40(28-31-55(48)62)59(2)34-33-56-50(37-59)47-22-9-11-24-52(47)61(56)41-17-4-3-5-18-41/h3-13,17-33,35-37,39H,14-16,34H2,1-2H3. The highest BCUT2D eigenvalue weighted by Crippen LogP contribution is 2.44. The Morgan fingerprint density at radius 3 is 1.81 bits per heavy atom. The molecule has 7 aromatic carbocycles. The van der Waals surface area contributed by atoms with Gasteiger partial charge in [-0.05, 0) is 116 Å². The van der Waals surface area contributed by atoms with Gasteiger partial charge in [0.05, 0.1) is 33.3 Å². The first-order valence-electron chi connectivity index (χ1n) is 22.5. The van der Waals surface area contributed by atoms with Crippen molar-refractivity contribution in [2.24, 2.45) is 0 Å². The zero-order chi connectivity index (χ0) is 41.8. The molecular formula is C59H46N4. The van der Waals surface area contributed by atoms with Gasteiger partial charge in [-0.15, -0.1) is 0 Å². The van der Waals surface area contributed by atoms with E-state index in [9.17, 15) is 0 Å². The first-order chi connectivity index (χ1) is 31.0. The second-order valence-electron chi connectivity index (χ2n) is 18.1. The smallest absolute Gasteiger partial charge is 0.138 e. The average molecular weight is 811 g/mol. The number of benzene rings is 7. The maximum absolute atomic E-state index is 5.60. The van der Waals surface area contributed by atoms with Crippen LogP contribution in [0.5, 0.6) is 0 Å². The third-order valence-corrected chi connectivity index (χ3v) is 14.5. The number of pyridine rings is 1. The van der Waals surface area contributed by atoms with Gasteiger partial charge < -0.3 is 9.13 Å². The van der Waals surface area contributed by atoms with Gasteiger partial charge in [0.15, 0.2) is 0 Å². The van der Waals surface area contributed by atoms with Gasteiger partial charge in [0, 0.05) is 59.9 Å².